The van der Waals surface area contributed by atoms with E-state index < -0.39 is 0 Å². The molecule has 0 aliphatic carbocycles. The van der Waals surface area contributed by atoms with Gasteiger partial charge in [-0.15, -0.1) is 11.3 Å². The number of fused-ring (bicyclic) bond motifs is 3. The highest BCUT2D eigenvalue weighted by Gasteiger charge is 2.09. The summed E-state index contributed by atoms with van der Waals surface area (Å²) >= 11 is 1.87. The van der Waals surface area contributed by atoms with E-state index in [1.165, 1.54) is 25.9 Å². The smallest absolute Gasteiger partial charge is 0.0455 e. The highest BCUT2D eigenvalue weighted by atomic mass is 32.1. The second kappa shape index (κ2) is 3.49. The molecule has 2 aromatic carbocycles. The van der Waals surface area contributed by atoms with E-state index in [2.05, 4.69) is 61.5 Å². The first-order valence-corrected chi connectivity index (χ1v) is 6.16. The largest absolute Gasteiger partial charge is 0.377 e. The lowest BCUT2D eigenvalue weighted by Crippen LogP contribution is -2.08. The molecule has 0 saturated carbocycles. The van der Waals surface area contributed by atoms with Gasteiger partial charge in [-0.25, -0.2) is 0 Å². The SMILES string of the molecule is CN(C)c1cccc2sc3ccccc3c12. The predicted octanol–water partition coefficient (Wildman–Crippen LogP) is 4.12. The van der Waals surface area contributed by atoms with Gasteiger partial charge in [-0.2, -0.15) is 0 Å². The lowest BCUT2D eigenvalue weighted by Gasteiger charge is -2.13. The van der Waals surface area contributed by atoms with Crippen LogP contribution < -0.4 is 4.90 Å². The summed E-state index contributed by atoms with van der Waals surface area (Å²) in [5.74, 6) is 0. The van der Waals surface area contributed by atoms with Crippen LogP contribution in [0.25, 0.3) is 20.2 Å². The number of nitrogens with zero attached hydrogens (tertiary/aromatic N) is 1. The highest BCUT2D eigenvalue weighted by Crippen LogP contribution is 2.38. The summed E-state index contributed by atoms with van der Waals surface area (Å²) < 4.78 is 2.74. The standard InChI is InChI=1S/C14H13NS/c1-15(2)11-7-5-9-13-14(11)10-6-3-4-8-12(10)16-13/h3-9H,1-2H3. The first-order valence-electron chi connectivity index (χ1n) is 5.35. The fraction of sp³-hybridized carbons (Fsp3) is 0.143. The summed E-state index contributed by atoms with van der Waals surface area (Å²) in [6, 6.07) is 15.1. The Hall–Kier alpha value is -1.54. The second-order valence-electron chi connectivity index (χ2n) is 4.14. The minimum absolute atomic E-state index is 1.30. The molecule has 3 aromatic rings. The van der Waals surface area contributed by atoms with E-state index in [0.717, 1.165) is 0 Å². The van der Waals surface area contributed by atoms with Gasteiger partial charge in [0, 0.05) is 40.0 Å². The topological polar surface area (TPSA) is 3.24 Å². The third kappa shape index (κ3) is 1.30. The van der Waals surface area contributed by atoms with Crippen LogP contribution >= 0.6 is 11.3 Å². The monoisotopic (exact) mass is 227 g/mol. The molecule has 2 heteroatoms. The first kappa shape index (κ1) is 9.67. The van der Waals surface area contributed by atoms with Crippen molar-refractivity contribution in [3.63, 3.8) is 0 Å². The molecular weight excluding hydrogens is 214 g/mol. The van der Waals surface area contributed by atoms with Crippen molar-refractivity contribution in [2.45, 2.75) is 0 Å². The van der Waals surface area contributed by atoms with Gasteiger partial charge >= 0.3 is 0 Å². The van der Waals surface area contributed by atoms with Crippen molar-refractivity contribution in [3.8, 4) is 0 Å². The van der Waals surface area contributed by atoms with E-state index in [9.17, 15) is 0 Å². The Balaban J connectivity index is 2.53. The Bertz CT molecular complexity index is 652. The highest BCUT2D eigenvalue weighted by molar-refractivity contribution is 7.25. The Morgan fingerprint density at radius 2 is 1.62 bits per heavy atom. The number of hydrogen-bond donors (Lipinski definition) is 0. The minimum Gasteiger partial charge on any atom is -0.377 e. The molecule has 0 amide bonds. The molecule has 0 bridgehead atoms. The van der Waals surface area contributed by atoms with Gasteiger partial charge in [-0.3, -0.25) is 0 Å². The number of thiophene rings is 1. The lowest BCUT2D eigenvalue weighted by molar-refractivity contribution is 1.14. The maximum absolute atomic E-state index is 2.21. The molecule has 0 unspecified atom stereocenters. The normalized spacial score (nSPS) is 11.1. The molecule has 3 rings (SSSR count). The van der Waals surface area contributed by atoms with E-state index in [0.29, 0.717) is 0 Å². The molecule has 0 aliphatic rings. The molecule has 0 radical (unpaired) electrons. The summed E-state index contributed by atoms with van der Waals surface area (Å²) in [5, 5.41) is 2.75. The fourth-order valence-corrected chi connectivity index (χ4v) is 3.26. The van der Waals surface area contributed by atoms with Gasteiger partial charge in [0.05, 0.1) is 0 Å². The van der Waals surface area contributed by atoms with Crippen LogP contribution in [0.5, 0.6) is 0 Å². The van der Waals surface area contributed by atoms with E-state index in [1.54, 1.807) is 0 Å². The molecule has 80 valence electrons. The number of hydrogen-bond acceptors (Lipinski definition) is 2. The van der Waals surface area contributed by atoms with E-state index in [1.807, 2.05) is 11.3 Å². The second-order valence-corrected chi connectivity index (χ2v) is 5.23. The Morgan fingerprint density at radius 3 is 2.44 bits per heavy atom. The third-order valence-electron chi connectivity index (χ3n) is 2.86. The molecule has 0 atom stereocenters. The van der Waals surface area contributed by atoms with E-state index in [4.69, 9.17) is 0 Å². The van der Waals surface area contributed by atoms with Gasteiger partial charge in [0.15, 0.2) is 0 Å². The summed E-state index contributed by atoms with van der Waals surface area (Å²) in [6.07, 6.45) is 0. The van der Waals surface area contributed by atoms with Crippen LogP contribution in [-0.2, 0) is 0 Å². The molecular formula is C14H13NS. The van der Waals surface area contributed by atoms with Gasteiger partial charge < -0.3 is 4.90 Å². The van der Waals surface area contributed by atoms with Crippen LogP contribution in [0.1, 0.15) is 0 Å². The van der Waals surface area contributed by atoms with Gasteiger partial charge in [0.25, 0.3) is 0 Å². The zero-order valence-corrected chi connectivity index (χ0v) is 10.2. The minimum atomic E-state index is 1.30. The van der Waals surface area contributed by atoms with Crippen molar-refractivity contribution in [3.05, 3.63) is 42.5 Å². The van der Waals surface area contributed by atoms with Crippen LogP contribution in [-0.4, -0.2) is 14.1 Å². The molecule has 1 aromatic heterocycles. The third-order valence-corrected chi connectivity index (χ3v) is 4.00. The molecule has 1 nitrogen and oxygen atoms in total. The molecule has 0 saturated heterocycles. The predicted molar refractivity (Wildman–Crippen MR) is 73.7 cm³/mol. The maximum Gasteiger partial charge on any atom is 0.0455 e. The van der Waals surface area contributed by atoms with Crippen LogP contribution in [0, 0.1) is 0 Å². The van der Waals surface area contributed by atoms with Crippen molar-refractivity contribution >= 4 is 37.2 Å². The van der Waals surface area contributed by atoms with E-state index in [-0.39, 0.29) is 0 Å². The summed E-state index contributed by atoms with van der Waals surface area (Å²) in [4.78, 5) is 2.18. The molecule has 0 fully saturated rings. The van der Waals surface area contributed by atoms with Crippen molar-refractivity contribution in [1.82, 2.24) is 0 Å². The van der Waals surface area contributed by atoms with Gasteiger partial charge in [-0.05, 0) is 18.2 Å². The Morgan fingerprint density at radius 1 is 0.875 bits per heavy atom. The zero-order chi connectivity index (χ0) is 11.1. The molecule has 0 spiro atoms. The zero-order valence-electron chi connectivity index (χ0n) is 9.40. The first-order chi connectivity index (χ1) is 7.77. The average molecular weight is 227 g/mol. The van der Waals surface area contributed by atoms with Crippen LogP contribution in [0.2, 0.25) is 0 Å². The number of benzene rings is 2. The molecule has 16 heavy (non-hydrogen) atoms. The average Bonchev–Trinajstić information content (AvgIpc) is 2.66. The van der Waals surface area contributed by atoms with Crippen molar-refractivity contribution in [2.75, 3.05) is 19.0 Å². The number of rotatable bonds is 1. The van der Waals surface area contributed by atoms with Gasteiger partial charge in [-0.1, -0.05) is 24.3 Å². The van der Waals surface area contributed by atoms with Crippen molar-refractivity contribution < 1.29 is 0 Å². The van der Waals surface area contributed by atoms with Gasteiger partial charge in [0.2, 0.25) is 0 Å². The molecule has 0 aliphatic heterocycles. The lowest BCUT2D eigenvalue weighted by atomic mass is 10.1. The summed E-state index contributed by atoms with van der Waals surface area (Å²) in [5.41, 5.74) is 1.30. The Labute approximate surface area is 98.9 Å². The summed E-state index contributed by atoms with van der Waals surface area (Å²) in [7, 11) is 4.20. The quantitative estimate of drug-likeness (QED) is 0.604. The van der Waals surface area contributed by atoms with Crippen LogP contribution in [0.4, 0.5) is 5.69 Å². The van der Waals surface area contributed by atoms with Crippen LogP contribution in [0.3, 0.4) is 0 Å². The Kier molecular flexibility index (Phi) is 2.11. The van der Waals surface area contributed by atoms with E-state index >= 15 is 0 Å². The number of anilines is 1. The molecule has 1 heterocycles. The van der Waals surface area contributed by atoms with Gasteiger partial charge in [0.1, 0.15) is 0 Å². The van der Waals surface area contributed by atoms with Crippen LogP contribution in [0.15, 0.2) is 42.5 Å². The fourth-order valence-electron chi connectivity index (χ4n) is 2.13. The maximum atomic E-state index is 2.21. The van der Waals surface area contributed by atoms with Crippen molar-refractivity contribution in [2.24, 2.45) is 0 Å². The summed E-state index contributed by atoms with van der Waals surface area (Å²) in [6.45, 7) is 0. The van der Waals surface area contributed by atoms with Crippen molar-refractivity contribution in [1.29, 1.82) is 0 Å². The molecule has 0 N–H and O–H groups in total.